The van der Waals surface area contributed by atoms with Crippen LogP contribution in [-0.4, -0.2) is 10.2 Å². The Labute approximate surface area is 217 Å². The minimum absolute atomic E-state index is 0.0765. The molecule has 3 heteroatoms. The molecular formula is C32H46O2S. The van der Waals surface area contributed by atoms with Crippen LogP contribution >= 0.6 is 11.8 Å². The quantitative estimate of drug-likeness (QED) is 0.420. The van der Waals surface area contributed by atoms with E-state index in [9.17, 15) is 10.2 Å². The first-order valence-electron chi connectivity index (χ1n) is 13.8. The molecule has 2 aromatic rings. The monoisotopic (exact) mass is 494 g/mol. The summed E-state index contributed by atoms with van der Waals surface area (Å²) in [7, 11) is 0. The lowest BCUT2D eigenvalue weighted by atomic mass is 9.82. The van der Waals surface area contributed by atoms with Crippen LogP contribution in [0, 0.1) is 0 Å². The molecule has 2 aliphatic rings. The molecule has 4 rings (SSSR count). The fraction of sp³-hybridized carbons (Fsp3) is 0.625. The van der Waals surface area contributed by atoms with E-state index in [-0.39, 0.29) is 10.8 Å². The minimum atomic E-state index is -0.0765. The van der Waals surface area contributed by atoms with Gasteiger partial charge in [0.25, 0.3) is 0 Å². The summed E-state index contributed by atoms with van der Waals surface area (Å²) in [6.45, 7) is 13.2. The van der Waals surface area contributed by atoms with Crippen molar-refractivity contribution in [3.63, 3.8) is 0 Å². The number of hydrogen-bond acceptors (Lipinski definition) is 3. The molecular weight excluding hydrogens is 448 g/mol. The third kappa shape index (κ3) is 6.04. The first-order chi connectivity index (χ1) is 16.4. The van der Waals surface area contributed by atoms with Gasteiger partial charge in [0.2, 0.25) is 0 Å². The van der Waals surface area contributed by atoms with Gasteiger partial charge < -0.3 is 10.2 Å². The predicted molar refractivity (Wildman–Crippen MR) is 151 cm³/mol. The van der Waals surface area contributed by atoms with Crippen LogP contribution in [0.3, 0.4) is 0 Å². The van der Waals surface area contributed by atoms with Crippen LogP contribution in [0.4, 0.5) is 0 Å². The zero-order valence-corrected chi connectivity index (χ0v) is 23.7. The summed E-state index contributed by atoms with van der Waals surface area (Å²) in [5.41, 5.74) is 7.01. The van der Waals surface area contributed by atoms with Crippen molar-refractivity contribution in [2.45, 2.75) is 127 Å². The van der Waals surface area contributed by atoms with Crippen molar-refractivity contribution in [2.75, 3.05) is 0 Å². The van der Waals surface area contributed by atoms with Gasteiger partial charge in [0.1, 0.15) is 11.5 Å². The molecule has 0 spiro atoms. The zero-order valence-electron chi connectivity index (χ0n) is 22.8. The summed E-state index contributed by atoms with van der Waals surface area (Å²) in [5.74, 6) is 3.95. The molecule has 35 heavy (non-hydrogen) atoms. The van der Waals surface area contributed by atoms with E-state index >= 15 is 0 Å². The summed E-state index contributed by atoms with van der Waals surface area (Å²) in [4.78, 5) is 0. The van der Waals surface area contributed by atoms with Gasteiger partial charge in [-0.25, -0.2) is 0 Å². The first kappa shape index (κ1) is 26.5. The third-order valence-electron chi connectivity index (χ3n) is 8.14. The summed E-state index contributed by atoms with van der Waals surface area (Å²) in [6.07, 6.45) is 9.87. The van der Waals surface area contributed by atoms with E-state index in [2.05, 4.69) is 65.8 Å². The number of phenolic OH excluding ortho intramolecular Hbond substituents is 2. The maximum atomic E-state index is 11.1. The largest absolute Gasteiger partial charge is 0.507 e. The molecule has 2 nitrogen and oxygen atoms in total. The fourth-order valence-corrected chi connectivity index (χ4v) is 7.04. The van der Waals surface area contributed by atoms with E-state index in [0.29, 0.717) is 23.3 Å². The van der Waals surface area contributed by atoms with Crippen LogP contribution in [0.25, 0.3) is 0 Å². The average Bonchev–Trinajstić information content (AvgIpc) is 3.48. The Morgan fingerprint density at radius 1 is 0.629 bits per heavy atom. The molecule has 2 aliphatic carbocycles. The summed E-state index contributed by atoms with van der Waals surface area (Å²) in [5, 5.41) is 22.3. The van der Waals surface area contributed by atoms with Crippen molar-refractivity contribution in [3.8, 4) is 11.5 Å². The van der Waals surface area contributed by atoms with Crippen molar-refractivity contribution >= 4 is 11.8 Å². The summed E-state index contributed by atoms with van der Waals surface area (Å²) in [6, 6.07) is 9.05. The van der Waals surface area contributed by atoms with Gasteiger partial charge in [-0.2, -0.15) is 11.8 Å². The molecule has 0 atom stereocenters. The van der Waals surface area contributed by atoms with Crippen molar-refractivity contribution in [1.82, 2.24) is 0 Å². The zero-order chi connectivity index (χ0) is 25.4. The summed E-state index contributed by atoms with van der Waals surface area (Å²) >= 11 is 1.95. The number of phenols is 2. The molecule has 0 amide bonds. The van der Waals surface area contributed by atoms with E-state index in [0.717, 1.165) is 22.6 Å². The number of aromatic hydroxyl groups is 2. The highest BCUT2D eigenvalue weighted by Gasteiger charge is 2.28. The van der Waals surface area contributed by atoms with E-state index in [4.69, 9.17) is 0 Å². The Bertz CT molecular complexity index is 945. The van der Waals surface area contributed by atoms with Gasteiger partial charge in [0, 0.05) is 11.5 Å². The number of hydrogen-bond donors (Lipinski definition) is 2. The Balaban J connectivity index is 1.57. The van der Waals surface area contributed by atoms with Crippen molar-refractivity contribution in [3.05, 3.63) is 57.6 Å². The Morgan fingerprint density at radius 2 is 0.971 bits per heavy atom. The van der Waals surface area contributed by atoms with Crippen molar-refractivity contribution < 1.29 is 10.2 Å². The Morgan fingerprint density at radius 3 is 1.29 bits per heavy atom. The van der Waals surface area contributed by atoms with Gasteiger partial charge in [-0.15, -0.1) is 0 Å². The van der Waals surface area contributed by atoms with Crippen LogP contribution in [0.2, 0.25) is 0 Å². The van der Waals surface area contributed by atoms with Gasteiger partial charge in [-0.1, -0.05) is 91.5 Å². The highest BCUT2D eigenvalue weighted by molar-refractivity contribution is 7.97. The highest BCUT2D eigenvalue weighted by Crippen LogP contribution is 2.45. The lowest BCUT2D eigenvalue weighted by molar-refractivity contribution is 0.433. The molecule has 2 N–H and O–H groups in total. The molecule has 2 fully saturated rings. The van der Waals surface area contributed by atoms with Crippen molar-refractivity contribution in [2.24, 2.45) is 0 Å². The van der Waals surface area contributed by atoms with Gasteiger partial charge >= 0.3 is 0 Å². The van der Waals surface area contributed by atoms with Crippen LogP contribution in [0.5, 0.6) is 11.5 Å². The molecule has 2 aromatic carbocycles. The molecule has 0 saturated heterocycles. The predicted octanol–water partition coefficient (Wildman–Crippen LogP) is 9.44. The smallest absolute Gasteiger partial charge is 0.122 e. The number of rotatable bonds is 6. The molecule has 0 unspecified atom stereocenters. The second-order valence-electron chi connectivity index (χ2n) is 13.1. The van der Waals surface area contributed by atoms with E-state index in [1.165, 1.54) is 73.6 Å². The molecule has 192 valence electrons. The van der Waals surface area contributed by atoms with Gasteiger partial charge in [0.05, 0.1) is 0 Å². The fourth-order valence-electron chi connectivity index (χ4n) is 6.13. The normalized spacial score (nSPS) is 18.0. The maximum absolute atomic E-state index is 11.1. The third-order valence-corrected chi connectivity index (χ3v) is 9.22. The molecule has 0 heterocycles. The second kappa shape index (κ2) is 10.4. The maximum Gasteiger partial charge on any atom is 0.122 e. The standard InChI is InChI=1S/C32H46O2S/c1-31(2,3)27-17-21(15-25(29(27)33)23-11-7-8-12-23)19-35-20-22-16-26(24-13-9-10-14-24)30(34)28(18-22)32(4,5)6/h15-18,23-24,33-34H,7-14,19-20H2,1-6H3. The van der Waals surface area contributed by atoms with E-state index < -0.39 is 0 Å². The van der Waals surface area contributed by atoms with Crippen LogP contribution in [-0.2, 0) is 22.3 Å². The van der Waals surface area contributed by atoms with Crippen LogP contribution in [0.1, 0.15) is 138 Å². The highest BCUT2D eigenvalue weighted by atomic mass is 32.2. The minimum Gasteiger partial charge on any atom is -0.507 e. The van der Waals surface area contributed by atoms with Crippen LogP contribution < -0.4 is 0 Å². The number of thioether (sulfide) groups is 1. The first-order valence-corrected chi connectivity index (χ1v) is 14.9. The van der Waals surface area contributed by atoms with E-state index in [1.54, 1.807) is 0 Å². The molecule has 0 aromatic heterocycles. The second-order valence-corrected chi connectivity index (χ2v) is 14.1. The molecule has 2 saturated carbocycles. The van der Waals surface area contributed by atoms with Crippen LogP contribution in [0.15, 0.2) is 24.3 Å². The van der Waals surface area contributed by atoms with Gasteiger partial charge in [0.15, 0.2) is 0 Å². The van der Waals surface area contributed by atoms with E-state index in [1.807, 2.05) is 11.8 Å². The topological polar surface area (TPSA) is 40.5 Å². The lowest BCUT2D eigenvalue weighted by Crippen LogP contribution is -2.14. The Hall–Kier alpha value is -1.61. The van der Waals surface area contributed by atoms with Gasteiger partial charge in [-0.05, 0) is 81.7 Å². The molecule has 0 bridgehead atoms. The molecule has 0 radical (unpaired) electrons. The average molecular weight is 495 g/mol. The van der Waals surface area contributed by atoms with Gasteiger partial charge in [-0.3, -0.25) is 0 Å². The molecule has 0 aliphatic heterocycles. The summed E-state index contributed by atoms with van der Waals surface area (Å²) < 4.78 is 0. The lowest BCUT2D eigenvalue weighted by Gasteiger charge is -2.26. The Kier molecular flexibility index (Phi) is 7.86. The van der Waals surface area contributed by atoms with Crippen molar-refractivity contribution in [1.29, 1.82) is 0 Å². The number of benzene rings is 2. The SMILES string of the molecule is CC(C)(C)c1cc(CSCc2cc(C3CCCC3)c(O)c(C(C)(C)C)c2)cc(C2CCCC2)c1O.